The van der Waals surface area contributed by atoms with Gasteiger partial charge >= 0.3 is 0 Å². The molecule has 1 amide bonds. The van der Waals surface area contributed by atoms with Crippen LogP contribution in [0.1, 0.15) is 12.7 Å². The van der Waals surface area contributed by atoms with Crippen molar-refractivity contribution in [1.82, 2.24) is 24.9 Å². The standard InChI is InChI=1S/C20H20N6O2/c1-20(21,19(27)22-2)18-23-15-10-5-4-9-14(15)17-24-16(25-26(17)18)12-7-6-8-13(11-12)28-3/h4-11H,21H2,1-3H3,(H,22,27)/t20-/m0/s1. The van der Waals surface area contributed by atoms with Gasteiger partial charge in [0, 0.05) is 18.0 Å². The summed E-state index contributed by atoms with van der Waals surface area (Å²) in [6.45, 7) is 1.61. The fourth-order valence-electron chi connectivity index (χ4n) is 3.14. The Bertz CT molecular complexity index is 1200. The third-order valence-corrected chi connectivity index (χ3v) is 4.67. The number of rotatable bonds is 4. The van der Waals surface area contributed by atoms with E-state index in [1.165, 1.54) is 7.05 Å². The molecule has 0 spiro atoms. The molecule has 1 atom stereocenters. The van der Waals surface area contributed by atoms with Gasteiger partial charge in [0.25, 0.3) is 0 Å². The monoisotopic (exact) mass is 376 g/mol. The van der Waals surface area contributed by atoms with Crippen LogP contribution in [0, 0.1) is 0 Å². The maximum absolute atomic E-state index is 12.4. The van der Waals surface area contributed by atoms with Gasteiger partial charge < -0.3 is 15.8 Å². The Kier molecular flexibility index (Phi) is 4.20. The SMILES string of the molecule is CNC(=O)[C@@](C)(N)c1nc2ccccc2c2nc(-c3cccc(OC)c3)nn12. The summed E-state index contributed by atoms with van der Waals surface area (Å²) in [5.74, 6) is 1.14. The number of carbonyl (C=O) groups excluding carboxylic acids is 1. The van der Waals surface area contributed by atoms with Gasteiger partial charge in [0.2, 0.25) is 5.91 Å². The molecule has 0 saturated heterocycles. The van der Waals surface area contributed by atoms with Crippen molar-refractivity contribution in [1.29, 1.82) is 0 Å². The summed E-state index contributed by atoms with van der Waals surface area (Å²) in [7, 11) is 3.14. The predicted octanol–water partition coefficient (Wildman–Crippen LogP) is 1.87. The van der Waals surface area contributed by atoms with E-state index in [1.54, 1.807) is 18.5 Å². The predicted molar refractivity (Wildman–Crippen MR) is 106 cm³/mol. The van der Waals surface area contributed by atoms with Gasteiger partial charge in [0.1, 0.15) is 5.75 Å². The summed E-state index contributed by atoms with van der Waals surface area (Å²) in [6.07, 6.45) is 0. The van der Waals surface area contributed by atoms with E-state index in [4.69, 9.17) is 15.5 Å². The third-order valence-electron chi connectivity index (χ3n) is 4.67. The summed E-state index contributed by atoms with van der Waals surface area (Å²) in [6, 6.07) is 15.0. The number of amides is 1. The number of ether oxygens (including phenoxy) is 1. The van der Waals surface area contributed by atoms with E-state index in [-0.39, 0.29) is 5.91 Å². The molecule has 142 valence electrons. The number of nitrogens with one attached hydrogen (secondary N) is 1. The molecule has 0 radical (unpaired) electrons. The van der Waals surface area contributed by atoms with Gasteiger partial charge in [-0.05, 0) is 31.2 Å². The number of likely N-dealkylation sites (N-methyl/N-ethyl adjacent to an activating group) is 1. The van der Waals surface area contributed by atoms with Crippen LogP contribution in [0.3, 0.4) is 0 Å². The number of hydrogen-bond donors (Lipinski definition) is 2. The molecule has 8 heteroatoms. The number of benzene rings is 2. The molecule has 3 N–H and O–H groups in total. The van der Waals surface area contributed by atoms with Gasteiger partial charge in [-0.2, -0.15) is 4.52 Å². The van der Waals surface area contributed by atoms with E-state index in [0.717, 1.165) is 10.9 Å². The minimum atomic E-state index is -1.39. The Labute approximate surface area is 161 Å². The molecule has 28 heavy (non-hydrogen) atoms. The van der Waals surface area contributed by atoms with Crippen LogP contribution in [0.2, 0.25) is 0 Å². The summed E-state index contributed by atoms with van der Waals surface area (Å²) < 4.78 is 6.85. The zero-order valence-electron chi connectivity index (χ0n) is 15.8. The molecule has 0 aliphatic heterocycles. The third kappa shape index (κ3) is 2.74. The van der Waals surface area contributed by atoms with E-state index in [0.29, 0.717) is 28.6 Å². The van der Waals surface area contributed by atoms with Crippen LogP contribution >= 0.6 is 0 Å². The normalized spacial score (nSPS) is 13.4. The molecule has 0 saturated carbocycles. The Balaban J connectivity index is 2.04. The molecule has 2 aromatic heterocycles. The molecule has 4 rings (SSSR count). The van der Waals surface area contributed by atoms with Gasteiger partial charge in [-0.1, -0.05) is 24.3 Å². The largest absolute Gasteiger partial charge is 0.497 e. The minimum absolute atomic E-state index is 0.308. The van der Waals surface area contributed by atoms with Crippen LogP contribution in [-0.2, 0) is 10.3 Å². The summed E-state index contributed by atoms with van der Waals surface area (Å²) in [5.41, 5.74) is 7.03. The van der Waals surface area contributed by atoms with E-state index < -0.39 is 5.54 Å². The second kappa shape index (κ2) is 6.58. The summed E-state index contributed by atoms with van der Waals surface area (Å²) in [4.78, 5) is 21.8. The lowest BCUT2D eigenvalue weighted by Crippen LogP contribution is -2.49. The second-order valence-corrected chi connectivity index (χ2v) is 6.64. The minimum Gasteiger partial charge on any atom is -0.497 e. The first-order chi connectivity index (χ1) is 13.5. The molecule has 2 aromatic carbocycles. The van der Waals surface area contributed by atoms with Gasteiger partial charge in [-0.3, -0.25) is 4.79 Å². The van der Waals surface area contributed by atoms with Crippen molar-refractivity contribution in [2.45, 2.75) is 12.5 Å². The number of carbonyl (C=O) groups is 1. The Morgan fingerprint density at radius 2 is 1.96 bits per heavy atom. The maximum atomic E-state index is 12.4. The average molecular weight is 376 g/mol. The Morgan fingerprint density at radius 3 is 2.71 bits per heavy atom. The van der Waals surface area contributed by atoms with Crippen LogP contribution in [0.4, 0.5) is 0 Å². The average Bonchev–Trinajstić information content (AvgIpc) is 3.18. The number of nitrogens with zero attached hydrogens (tertiary/aromatic N) is 4. The fraction of sp³-hybridized carbons (Fsp3) is 0.200. The highest BCUT2D eigenvalue weighted by Gasteiger charge is 2.35. The number of aromatic nitrogens is 4. The number of methoxy groups -OCH3 is 1. The zero-order chi connectivity index (χ0) is 19.9. The number of fused-ring (bicyclic) bond motifs is 3. The van der Waals surface area contributed by atoms with Gasteiger partial charge in [0.05, 0.1) is 12.6 Å². The van der Waals surface area contributed by atoms with Crippen molar-refractivity contribution >= 4 is 22.5 Å². The van der Waals surface area contributed by atoms with Crippen LogP contribution < -0.4 is 15.8 Å². The summed E-state index contributed by atoms with van der Waals surface area (Å²) >= 11 is 0. The first kappa shape index (κ1) is 17.9. The summed E-state index contributed by atoms with van der Waals surface area (Å²) in [5, 5.41) is 8.03. The molecule has 8 nitrogen and oxygen atoms in total. The molecule has 0 fully saturated rings. The molecule has 2 heterocycles. The van der Waals surface area contributed by atoms with Crippen LogP contribution in [0.15, 0.2) is 48.5 Å². The van der Waals surface area contributed by atoms with Crippen molar-refractivity contribution in [2.75, 3.05) is 14.2 Å². The lowest BCUT2D eigenvalue weighted by Gasteiger charge is -2.22. The van der Waals surface area contributed by atoms with Crippen molar-refractivity contribution in [3.8, 4) is 17.1 Å². The van der Waals surface area contributed by atoms with Gasteiger partial charge in [0.15, 0.2) is 22.8 Å². The Hall–Kier alpha value is -3.52. The fourth-order valence-corrected chi connectivity index (χ4v) is 3.14. The topological polar surface area (TPSA) is 107 Å². The van der Waals surface area contributed by atoms with Crippen molar-refractivity contribution in [3.63, 3.8) is 0 Å². The molecular formula is C20H20N6O2. The van der Waals surface area contributed by atoms with Crippen molar-refractivity contribution in [2.24, 2.45) is 5.73 Å². The van der Waals surface area contributed by atoms with Crippen molar-refractivity contribution in [3.05, 3.63) is 54.4 Å². The highest BCUT2D eigenvalue weighted by Crippen LogP contribution is 2.27. The van der Waals surface area contributed by atoms with E-state index in [1.807, 2.05) is 48.5 Å². The number of hydrogen-bond acceptors (Lipinski definition) is 6. The first-order valence-corrected chi connectivity index (χ1v) is 8.77. The highest BCUT2D eigenvalue weighted by molar-refractivity contribution is 5.93. The van der Waals surface area contributed by atoms with Gasteiger partial charge in [-0.25, -0.2) is 9.97 Å². The molecule has 0 bridgehead atoms. The van der Waals surface area contributed by atoms with Crippen LogP contribution in [0.25, 0.3) is 27.9 Å². The van der Waals surface area contributed by atoms with Crippen molar-refractivity contribution < 1.29 is 9.53 Å². The lowest BCUT2D eigenvalue weighted by atomic mass is 10.0. The molecule has 0 aliphatic rings. The Morgan fingerprint density at radius 1 is 1.18 bits per heavy atom. The van der Waals surface area contributed by atoms with Gasteiger partial charge in [-0.15, -0.1) is 5.10 Å². The quantitative estimate of drug-likeness (QED) is 0.563. The number of nitrogens with two attached hydrogens (primary N) is 1. The molecule has 0 unspecified atom stereocenters. The first-order valence-electron chi connectivity index (χ1n) is 8.77. The highest BCUT2D eigenvalue weighted by atomic mass is 16.5. The molecule has 0 aliphatic carbocycles. The van der Waals surface area contributed by atoms with E-state index in [9.17, 15) is 4.79 Å². The second-order valence-electron chi connectivity index (χ2n) is 6.64. The van der Waals surface area contributed by atoms with Crippen LogP contribution in [-0.4, -0.2) is 39.6 Å². The van der Waals surface area contributed by atoms with E-state index >= 15 is 0 Å². The van der Waals surface area contributed by atoms with Crippen LogP contribution in [0.5, 0.6) is 5.75 Å². The lowest BCUT2D eigenvalue weighted by molar-refractivity contribution is -0.125. The molecule has 4 aromatic rings. The van der Waals surface area contributed by atoms with E-state index in [2.05, 4.69) is 15.4 Å². The molecular weight excluding hydrogens is 356 g/mol. The zero-order valence-corrected chi connectivity index (χ0v) is 15.8. The maximum Gasteiger partial charge on any atom is 0.247 e. The number of para-hydroxylation sites is 1. The smallest absolute Gasteiger partial charge is 0.247 e.